The van der Waals surface area contributed by atoms with Gasteiger partial charge in [-0.1, -0.05) is 52.9 Å². The summed E-state index contributed by atoms with van der Waals surface area (Å²) in [7, 11) is 1.99. The Kier molecular flexibility index (Phi) is 6.19. The average Bonchev–Trinajstić information content (AvgIpc) is 2.52. The van der Waals surface area contributed by atoms with Gasteiger partial charge in [0.25, 0.3) is 0 Å². The molecule has 0 aliphatic rings. The van der Waals surface area contributed by atoms with E-state index >= 15 is 0 Å². The number of halogens is 1. The van der Waals surface area contributed by atoms with E-state index in [0.29, 0.717) is 6.61 Å². The molecule has 2 rings (SSSR count). The van der Waals surface area contributed by atoms with E-state index in [-0.39, 0.29) is 12.0 Å². The summed E-state index contributed by atoms with van der Waals surface area (Å²) in [5.41, 5.74) is 6.86. The van der Waals surface area contributed by atoms with Crippen molar-refractivity contribution >= 4 is 34.4 Å². The van der Waals surface area contributed by atoms with E-state index in [2.05, 4.69) is 49.6 Å². The molecule has 2 N–H and O–H groups in total. The molecule has 1 aromatic heterocycles. The Morgan fingerprint density at radius 1 is 1.29 bits per heavy atom. The highest BCUT2D eigenvalue weighted by Crippen LogP contribution is 2.24. The van der Waals surface area contributed by atoms with Crippen LogP contribution in [0.2, 0.25) is 0 Å². The van der Waals surface area contributed by atoms with E-state index < -0.39 is 0 Å². The monoisotopic (exact) mass is 398 g/mol. The minimum Gasteiger partial charge on any atom is -0.378 e. The lowest BCUT2D eigenvalue weighted by atomic mass is 10.1. The number of rotatable bonds is 7. The van der Waals surface area contributed by atoms with Crippen molar-refractivity contribution in [2.45, 2.75) is 6.04 Å². The van der Waals surface area contributed by atoms with Crippen LogP contribution in [0.3, 0.4) is 0 Å². The van der Waals surface area contributed by atoms with Crippen LogP contribution in [0.5, 0.6) is 0 Å². The van der Waals surface area contributed by atoms with Crippen LogP contribution >= 0.6 is 22.6 Å². The number of benzene rings is 1. The van der Waals surface area contributed by atoms with Gasteiger partial charge in [0.15, 0.2) is 0 Å². The third kappa shape index (κ3) is 4.53. The average molecular weight is 398 g/mol. The molecule has 1 heterocycles. The molecule has 0 fully saturated rings. The van der Waals surface area contributed by atoms with E-state index in [1.165, 1.54) is 5.56 Å². The molecule has 1 aromatic carbocycles. The number of alkyl halides is 1. The summed E-state index contributed by atoms with van der Waals surface area (Å²) in [6.45, 7) is 1.34. The van der Waals surface area contributed by atoms with Crippen LogP contribution in [0.1, 0.15) is 11.6 Å². The highest BCUT2D eigenvalue weighted by molar-refractivity contribution is 14.1. The van der Waals surface area contributed by atoms with Crippen LogP contribution in [0, 0.1) is 0 Å². The first kappa shape index (κ1) is 16.0. The second-order valence-corrected chi connectivity index (χ2v) is 5.65. The Balaban J connectivity index is 2.21. The van der Waals surface area contributed by atoms with Gasteiger partial charge in [0.1, 0.15) is 5.82 Å². The first-order valence-corrected chi connectivity index (χ1v) is 8.25. The normalized spacial score (nSPS) is 12.1. The molecule has 2 aromatic rings. The number of nitrogens with two attached hydrogens (primary N) is 1. The Hall–Kier alpha value is -1.41. The zero-order chi connectivity index (χ0) is 15.1. The fraction of sp³-hybridized carbons (Fsp3) is 0.333. The third-order valence-electron chi connectivity index (χ3n) is 3.17. The van der Waals surface area contributed by atoms with Gasteiger partial charge in [0, 0.05) is 17.7 Å². The standard InChI is InChI=1S/C15H19IN4O/c1-20(14-7-9-18-15(17)19-14)13(11-21-10-8-16)12-5-3-2-4-6-12/h2-7,9,13H,8,10-11H2,1H3,(H2,17,18,19)/t13-/m1/s1. The van der Waals surface area contributed by atoms with Gasteiger partial charge >= 0.3 is 0 Å². The van der Waals surface area contributed by atoms with Gasteiger partial charge in [-0.2, -0.15) is 4.98 Å². The molecule has 0 aliphatic heterocycles. The number of ether oxygens (including phenoxy) is 1. The highest BCUT2D eigenvalue weighted by Gasteiger charge is 2.19. The van der Waals surface area contributed by atoms with E-state index in [0.717, 1.165) is 16.9 Å². The molecule has 0 bridgehead atoms. The number of nitrogens with zero attached hydrogens (tertiary/aromatic N) is 3. The van der Waals surface area contributed by atoms with Crippen LogP contribution in [0.25, 0.3) is 0 Å². The molecule has 0 spiro atoms. The zero-order valence-electron chi connectivity index (χ0n) is 11.9. The number of hydrogen-bond donors (Lipinski definition) is 1. The maximum atomic E-state index is 5.75. The molecule has 0 radical (unpaired) electrons. The molecule has 0 saturated carbocycles. The Morgan fingerprint density at radius 2 is 2.05 bits per heavy atom. The van der Waals surface area contributed by atoms with Gasteiger partial charge in [-0.15, -0.1) is 0 Å². The van der Waals surface area contributed by atoms with Crippen molar-refractivity contribution in [2.24, 2.45) is 0 Å². The van der Waals surface area contributed by atoms with Gasteiger partial charge in [0.2, 0.25) is 5.95 Å². The number of likely N-dealkylation sites (N-methyl/N-ethyl adjacent to an activating group) is 1. The van der Waals surface area contributed by atoms with E-state index in [1.54, 1.807) is 6.20 Å². The predicted molar refractivity (Wildman–Crippen MR) is 93.7 cm³/mol. The lowest BCUT2D eigenvalue weighted by Gasteiger charge is -2.29. The Labute approximate surface area is 138 Å². The third-order valence-corrected chi connectivity index (χ3v) is 3.61. The number of aromatic nitrogens is 2. The molecule has 5 nitrogen and oxygen atoms in total. The van der Waals surface area contributed by atoms with Crippen molar-refractivity contribution in [3.05, 3.63) is 48.2 Å². The molecular weight excluding hydrogens is 379 g/mol. The van der Waals surface area contributed by atoms with Gasteiger partial charge in [-0.3, -0.25) is 0 Å². The first-order chi connectivity index (χ1) is 10.2. The first-order valence-electron chi connectivity index (χ1n) is 6.72. The Bertz CT molecular complexity index is 552. The van der Waals surface area contributed by atoms with Crippen LogP contribution < -0.4 is 10.6 Å². The van der Waals surface area contributed by atoms with Crippen molar-refractivity contribution < 1.29 is 4.74 Å². The summed E-state index contributed by atoms with van der Waals surface area (Å²) >= 11 is 2.31. The summed E-state index contributed by atoms with van der Waals surface area (Å²) in [6.07, 6.45) is 1.67. The highest BCUT2D eigenvalue weighted by atomic mass is 127. The second kappa shape index (κ2) is 8.14. The van der Waals surface area contributed by atoms with Crippen molar-refractivity contribution in [1.82, 2.24) is 9.97 Å². The van der Waals surface area contributed by atoms with Crippen LogP contribution in [-0.2, 0) is 4.74 Å². The summed E-state index contributed by atoms with van der Waals surface area (Å²) in [6, 6.07) is 12.2. The minimum absolute atomic E-state index is 0.0865. The molecule has 0 aliphatic carbocycles. The maximum Gasteiger partial charge on any atom is 0.221 e. The van der Waals surface area contributed by atoms with Gasteiger partial charge < -0.3 is 15.4 Å². The maximum absolute atomic E-state index is 5.75. The van der Waals surface area contributed by atoms with Gasteiger partial charge in [-0.25, -0.2) is 4.98 Å². The lowest BCUT2D eigenvalue weighted by molar-refractivity contribution is 0.135. The smallest absolute Gasteiger partial charge is 0.221 e. The predicted octanol–water partition coefficient (Wildman–Crippen LogP) is 2.69. The molecule has 6 heteroatoms. The summed E-state index contributed by atoms with van der Waals surface area (Å²) in [4.78, 5) is 10.3. The molecule has 0 saturated heterocycles. The topological polar surface area (TPSA) is 64.3 Å². The van der Waals surface area contributed by atoms with Gasteiger partial charge in [-0.05, 0) is 11.6 Å². The molecule has 1 atom stereocenters. The number of nitrogen functional groups attached to an aromatic ring is 1. The Morgan fingerprint density at radius 3 is 2.71 bits per heavy atom. The van der Waals surface area contributed by atoms with E-state index in [1.807, 2.05) is 31.3 Å². The van der Waals surface area contributed by atoms with Crippen molar-refractivity contribution in [3.8, 4) is 0 Å². The molecule has 0 amide bonds. The minimum atomic E-state index is 0.0865. The second-order valence-electron chi connectivity index (χ2n) is 4.57. The fourth-order valence-corrected chi connectivity index (χ4v) is 2.39. The largest absolute Gasteiger partial charge is 0.378 e. The van der Waals surface area contributed by atoms with Crippen LogP contribution in [0.15, 0.2) is 42.6 Å². The SMILES string of the molecule is CN(c1ccnc(N)n1)[C@H](COCCI)c1ccccc1. The summed E-state index contributed by atoms with van der Waals surface area (Å²) in [5.74, 6) is 1.06. The number of anilines is 2. The van der Waals surface area contributed by atoms with Crippen LogP contribution in [-0.4, -0.2) is 34.7 Å². The van der Waals surface area contributed by atoms with Crippen molar-refractivity contribution in [3.63, 3.8) is 0 Å². The quantitative estimate of drug-likeness (QED) is 0.442. The zero-order valence-corrected chi connectivity index (χ0v) is 14.1. The van der Waals surface area contributed by atoms with Crippen molar-refractivity contribution in [1.29, 1.82) is 0 Å². The molecule has 0 unspecified atom stereocenters. The molecule has 112 valence electrons. The lowest BCUT2D eigenvalue weighted by Crippen LogP contribution is -2.29. The number of hydrogen-bond acceptors (Lipinski definition) is 5. The fourth-order valence-electron chi connectivity index (χ4n) is 2.08. The van der Waals surface area contributed by atoms with Crippen LogP contribution in [0.4, 0.5) is 11.8 Å². The molecular formula is C15H19IN4O. The van der Waals surface area contributed by atoms with Crippen molar-refractivity contribution in [2.75, 3.05) is 35.3 Å². The summed E-state index contributed by atoms with van der Waals surface area (Å²) in [5, 5.41) is 0. The van der Waals surface area contributed by atoms with E-state index in [9.17, 15) is 0 Å². The van der Waals surface area contributed by atoms with Gasteiger partial charge in [0.05, 0.1) is 19.3 Å². The molecule has 21 heavy (non-hydrogen) atoms. The van der Waals surface area contributed by atoms with E-state index in [4.69, 9.17) is 10.5 Å². The summed E-state index contributed by atoms with van der Waals surface area (Å²) < 4.78 is 6.72.